The fourth-order valence-corrected chi connectivity index (χ4v) is 13.6. The normalized spacial score (nSPS) is 15.9. The van der Waals surface area contributed by atoms with Crippen LogP contribution in [0.15, 0.2) is 97.2 Å². The van der Waals surface area contributed by atoms with Gasteiger partial charge >= 0.3 is 0 Å². The van der Waals surface area contributed by atoms with Crippen molar-refractivity contribution in [2.24, 2.45) is 0 Å². The van der Waals surface area contributed by atoms with E-state index in [9.17, 15) is 30.6 Å². The average molecular weight is 1370 g/mol. The smallest absolute Gasteiger partial charge is 0.193 e. The molecular formula is C88H160N2O8. The molecule has 0 saturated carbocycles. The standard InChI is InChI=1S/C88H160N2O8/c1-9-13-17-21-25-29-33-37-41-45-49-53-57-61-65-69-73-81(91)85(95,77-71-67-63-59-55-51-47-43-39-35-31-27-23-19-15-11-3)87(97,83(93)75-79-89(5)6)88(98,84(94)76-80-90(7)8)86(96,78-72-68-64-60-56-52-48-44-40-36-32-28-24-20-16-12-4)82(92)74-70-66-62-58-54-50-46-42-38-34-30-26-22-18-14-10-2/h25-32,37-44,81-82,91-92,95-98H,9-24,33-36,45-80H2,1-8H3/b29-25-,30-26-,31-27-,32-28-,41-37-,42-38-,43-39-,44-40-/t81?,82?,85-,86-,87-,88-/m1/s1. The monoisotopic (exact) mass is 1370 g/mol. The van der Waals surface area contributed by atoms with E-state index < -0.39 is 46.2 Å². The molecule has 2 unspecified atom stereocenters. The Balaban J connectivity index is 7.23. The summed E-state index contributed by atoms with van der Waals surface area (Å²) >= 11 is 0. The molecule has 0 aromatic carbocycles. The summed E-state index contributed by atoms with van der Waals surface area (Å²) < 4.78 is 0. The van der Waals surface area contributed by atoms with Gasteiger partial charge in [0.2, 0.25) is 0 Å². The molecule has 0 saturated heterocycles. The van der Waals surface area contributed by atoms with Crippen molar-refractivity contribution in [1.82, 2.24) is 9.80 Å². The molecule has 0 aliphatic heterocycles. The molecule has 0 aliphatic carbocycles. The average Bonchev–Trinajstić information content (AvgIpc) is 0.693. The number of carbonyl (C=O) groups excluding carboxylic acids is 2. The van der Waals surface area contributed by atoms with E-state index in [1.807, 2.05) is 0 Å². The number of rotatable bonds is 73. The van der Waals surface area contributed by atoms with Gasteiger partial charge < -0.3 is 40.4 Å². The maximum absolute atomic E-state index is 15.7. The quantitative estimate of drug-likeness (QED) is 0.0255. The largest absolute Gasteiger partial charge is 0.390 e. The summed E-state index contributed by atoms with van der Waals surface area (Å²) in [6.07, 6.45) is 78.6. The molecule has 10 nitrogen and oxygen atoms in total. The topological polar surface area (TPSA) is 162 Å². The predicted molar refractivity (Wildman–Crippen MR) is 424 cm³/mol. The summed E-state index contributed by atoms with van der Waals surface area (Å²) in [6, 6.07) is 0. The van der Waals surface area contributed by atoms with Gasteiger partial charge in [-0.2, -0.15) is 0 Å². The van der Waals surface area contributed by atoms with Crippen LogP contribution >= 0.6 is 0 Å². The van der Waals surface area contributed by atoms with Gasteiger partial charge in [-0.15, -0.1) is 0 Å². The summed E-state index contributed by atoms with van der Waals surface area (Å²) in [5.74, 6) is -2.05. The Bertz CT molecular complexity index is 1930. The van der Waals surface area contributed by atoms with Crippen LogP contribution in [0.25, 0.3) is 0 Å². The van der Waals surface area contributed by atoms with Crippen molar-refractivity contribution in [1.29, 1.82) is 0 Å². The van der Waals surface area contributed by atoms with E-state index in [2.05, 4.69) is 125 Å². The molecule has 0 radical (unpaired) electrons. The molecule has 0 rings (SSSR count). The molecule has 0 aliphatic rings. The molecule has 0 bridgehead atoms. The number of aliphatic hydroxyl groups excluding tert-OH is 2. The molecule has 0 heterocycles. The van der Waals surface area contributed by atoms with Gasteiger partial charge in [-0.1, -0.05) is 305 Å². The van der Waals surface area contributed by atoms with Crippen LogP contribution in [0, 0.1) is 0 Å². The molecule has 0 spiro atoms. The molecule has 6 N–H and O–H groups in total. The highest BCUT2D eigenvalue weighted by Gasteiger charge is 2.77. The molecule has 0 aromatic heterocycles. The van der Waals surface area contributed by atoms with Crippen LogP contribution in [0.4, 0.5) is 0 Å². The van der Waals surface area contributed by atoms with Crippen molar-refractivity contribution >= 4 is 11.6 Å². The highest BCUT2D eigenvalue weighted by molar-refractivity contribution is 6.01. The fraction of sp³-hybridized carbons (Fsp3) is 0.795. The van der Waals surface area contributed by atoms with E-state index in [1.54, 1.807) is 38.0 Å². The van der Waals surface area contributed by atoms with Gasteiger partial charge in [0.25, 0.3) is 0 Å². The van der Waals surface area contributed by atoms with E-state index in [-0.39, 0.29) is 64.5 Å². The summed E-state index contributed by atoms with van der Waals surface area (Å²) in [5, 5.41) is 81.7. The van der Waals surface area contributed by atoms with E-state index in [4.69, 9.17) is 0 Å². The summed E-state index contributed by atoms with van der Waals surface area (Å²) in [5.41, 5.74) is -12.4. The van der Waals surface area contributed by atoms with Crippen molar-refractivity contribution in [2.45, 2.75) is 409 Å². The Labute approximate surface area is 606 Å². The van der Waals surface area contributed by atoms with Gasteiger partial charge in [0.05, 0.1) is 12.2 Å². The first-order valence-corrected chi connectivity index (χ1v) is 41.3. The van der Waals surface area contributed by atoms with Gasteiger partial charge in [-0.05, 0) is 182 Å². The fourth-order valence-electron chi connectivity index (χ4n) is 13.6. The molecule has 6 atom stereocenters. The third kappa shape index (κ3) is 45.1. The van der Waals surface area contributed by atoms with Crippen molar-refractivity contribution in [3.63, 3.8) is 0 Å². The second-order valence-electron chi connectivity index (χ2n) is 29.7. The SMILES string of the molecule is CCCCC/C=C\C/C=C\CCCCCCCCC(O)[C@](O)(CCCCCCCC/C=C\C/C=C\CCCCC)[C@](O)(C(=O)CCN(C)C)[C@@](O)(C(=O)CCN(C)C)[C@@](O)(CCCCCCCC/C=C\C/C=C\CCCCC)C(O)CCCCCCCC/C=C\C/C=C\CCCCC. The van der Waals surface area contributed by atoms with Gasteiger partial charge in [0, 0.05) is 25.9 Å². The van der Waals surface area contributed by atoms with Crippen molar-refractivity contribution in [2.75, 3.05) is 41.3 Å². The van der Waals surface area contributed by atoms with Crippen molar-refractivity contribution in [3.05, 3.63) is 97.2 Å². The molecule has 0 amide bonds. The first-order valence-electron chi connectivity index (χ1n) is 41.3. The number of nitrogens with zero attached hydrogens (tertiary/aromatic N) is 2. The van der Waals surface area contributed by atoms with Gasteiger partial charge in [0.15, 0.2) is 22.8 Å². The second kappa shape index (κ2) is 65.9. The van der Waals surface area contributed by atoms with Crippen molar-refractivity contribution < 1.29 is 40.2 Å². The molecule has 0 fully saturated rings. The van der Waals surface area contributed by atoms with Gasteiger partial charge in [-0.25, -0.2) is 0 Å². The predicted octanol–water partition coefficient (Wildman–Crippen LogP) is 22.5. The zero-order chi connectivity index (χ0) is 72.4. The number of allylic oxidation sites excluding steroid dienone is 16. The Morgan fingerprint density at radius 3 is 0.694 bits per heavy atom. The van der Waals surface area contributed by atoms with E-state index in [1.165, 1.54) is 77.0 Å². The molecule has 98 heavy (non-hydrogen) atoms. The number of ketones is 2. The molecular weight excluding hydrogens is 1210 g/mol. The lowest BCUT2D eigenvalue weighted by Crippen LogP contribution is -2.85. The molecule has 0 aromatic rings. The van der Waals surface area contributed by atoms with Crippen molar-refractivity contribution in [3.8, 4) is 0 Å². The number of Topliss-reactive ketones (excluding diaryl/α,β-unsaturated/α-hetero) is 2. The number of aliphatic hydroxyl groups is 6. The Morgan fingerprint density at radius 1 is 0.286 bits per heavy atom. The molecule has 10 heteroatoms. The van der Waals surface area contributed by atoms with Crippen LogP contribution < -0.4 is 0 Å². The number of hydrogen-bond acceptors (Lipinski definition) is 10. The van der Waals surface area contributed by atoms with Crippen LogP contribution in [0.1, 0.15) is 374 Å². The van der Waals surface area contributed by atoms with E-state index >= 15 is 9.59 Å². The zero-order valence-electron chi connectivity index (χ0n) is 65.4. The number of carbonyl (C=O) groups is 2. The highest BCUT2D eigenvalue weighted by Crippen LogP contribution is 2.51. The Hall–Kier alpha value is -3.06. The third-order valence-corrected chi connectivity index (χ3v) is 20.1. The van der Waals surface area contributed by atoms with Gasteiger partial charge in [-0.3, -0.25) is 9.59 Å². The Kier molecular flexibility index (Phi) is 63.9. The lowest BCUT2D eigenvalue weighted by molar-refractivity contribution is -0.309. The minimum Gasteiger partial charge on any atom is -0.390 e. The summed E-state index contributed by atoms with van der Waals surface area (Å²) in [4.78, 5) is 35.0. The van der Waals surface area contributed by atoms with Crippen LogP contribution in [0.3, 0.4) is 0 Å². The number of hydrogen-bond donors (Lipinski definition) is 6. The lowest BCUT2D eigenvalue weighted by atomic mass is 9.54. The maximum Gasteiger partial charge on any atom is 0.193 e. The Morgan fingerprint density at radius 2 is 0.480 bits per heavy atom. The zero-order valence-corrected chi connectivity index (χ0v) is 65.4. The van der Waals surface area contributed by atoms with Gasteiger partial charge in [0.1, 0.15) is 11.2 Å². The lowest BCUT2D eigenvalue weighted by Gasteiger charge is -2.58. The summed E-state index contributed by atoms with van der Waals surface area (Å²) in [7, 11) is 7.15. The minimum atomic E-state index is -3.43. The summed E-state index contributed by atoms with van der Waals surface area (Å²) in [6.45, 7) is 9.13. The van der Waals surface area contributed by atoms with Crippen LogP contribution in [0.5, 0.6) is 0 Å². The first kappa shape index (κ1) is 94.9. The maximum atomic E-state index is 15.7. The van der Waals surface area contributed by atoms with Crippen LogP contribution in [-0.4, -0.2) is 128 Å². The third-order valence-electron chi connectivity index (χ3n) is 20.1. The van der Waals surface area contributed by atoms with Crippen LogP contribution in [0.2, 0.25) is 0 Å². The van der Waals surface area contributed by atoms with Crippen LogP contribution in [-0.2, 0) is 9.59 Å². The minimum absolute atomic E-state index is 0.00161. The highest BCUT2D eigenvalue weighted by atomic mass is 16.4. The second-order valence-corrected chi connectivity index (χ2v) is 29.7. The molecule has 570 valence electrons. The van der Waals surface area contributed by atoms with E-state index in [0.29, 0.717) is 25.7 Å². The number of unbranched alkanes of at least 4 members (excludes halogenated alkanes) is 36. The first-order chi connectivity index (χ1) is 47.5. The van der Waals surface area contributed by atoms with E-state index in [0.717, 1.165) is 193 Å².